The highest BCUT2D eigenvalue weighted by Gasteiger charge is 2.18. The normalized spacial score (nSPS) is 12.6. The van der Waals surface area contributed by atoms with Crippen molar-refractivity contribution >= 4 is 50.7 Å². The van der Waals surface area contributed by atoms with Crippen LogP contribution in [-0.4, -0.2) is 15.7 Å². The van der Waals surface area contributed by atoms with Gasteiger partial charge in [-0.25, -0.2) is 0 Å². The first-order valence-corrected chi connectivity index (χ1v) is 8.63. The van der Waals surface area contributed by atoms with Crippen molar-refractivity contribution < 1.29 is 4.79 Å². The van der Waals surface area contributed by atoms with Crippen LogP contribution in [0.3, 0.4) is 0 Å². The summed E-state index contributed by atoms with van der Waals surface area (Å²) in [6.45, 7) is 3.83. The second kappa shape index (κ2) is 6.15. The summed E-state index contributed by atoms with van der Waals surface area (Å²) in [5.74, 6) is -0.121. The molecular formula is C16H15Cl2N3OS. The molecule has 1 unspecified atom stereocenters. The number of nitrogens with zero attached hydrogens (tertiary/aromatic N) is 2. The summed E-state index contributed by atoms with van der Waals surface area (Å²) >= 11 is 13.5. The zero-order valence-electron chi connectivity index (χ0n) is 12.9. The Labute approximate surface area is 148 Å². The van der Waals surface area contributed by atoms with Gasteiger partial charge in [0.1, 0.15) is 4.83 Å². The van der Waals surface area contributed by atoms with Gasteiger partial charge in [0, 0.05) is 22.5 Å². The monoisotopic (exact) mass is 367 g/mol. The number of aromatic nitrogens is 2. The average molecular weight is 368 g/mol. The van der Waals surface area contributed by atoms with E-state index in [1.165, 1.54) is 11.3 Å². The second-order valence-corrected chi connectivity index (χ2v) is 7.27. The average Bonchev–Trinajstić information content (AvgIpc) is 3.01. The number of benzene rings is 1. The topological polar surface area (TPSA) is 46.9 Å². The van der Waals surface area contributed by atoms with Crippen LogP contribution in [0.2, 0.25) is 10.0 Å². The van der Waals surface area contributed by atoms with Gasteiger partial charge in [0.25, 0.3) is 5.91 Å². The third-order valence-corrected chi connectivity index (χ3v) is 5.46. The highest BCUT2D eigenvalue weighted by atomic mass is 35.5. The molecule has 23 heavy (non-hydrogen) atoms. The van der Waals surface area contributed by atoms with Gasteiger partial charge in [0.15, 0.2) is 0 Å². The van der Waals surface area contributed by atoms with Crippen LogP contribution in [0.4, 0.5) is 0 Å². The Hall–Kier alpha value is -1.56. The van der Waals surface area contributed by atoms with Crippen molar-refractivity contribution in [1.82, 2.24) is 15.1 Å². The molecule has 1 aromatic carbocycles. The van der Waals surface area contributed by atoms with Crippen molar-refractivity contribution in [2.75, 3.05) is 0 Å². The molecule has 7 heteroatoms. The zero-order chi connectivity index (χ0) is 16.7. The largest absolute Gasteiger partial charge is 0.345 e. The van der Waals surface area contributed by atoms with Crippen molar-refractivity contribution in [1.29, 1.82) is 0 Å². The fourth-order valence-electron chi connectivity index (χ4n) is 2.52. The van der Waals surface area contributed by atoms with E-state index in [9.17, 15) is 4.79 Å². The number of halogens is 2. The predicted molar refractivity (Wildman–Crippen MR) is 95.7 cm³/mol. The van der Waals surface area contributed by atoms with Crippen LogP contribution in [0.1, 0.15) is 33.9 Å². The summed E-state index contributed by atoms with van der Waals surface area (Å²) in [5.41, 5.74) is 1.76. The molecular weight excluding hydrogens is 353 g/mol. The van der Waals surface area contributed by atoms with Gasteiger partial charge in [-0.15, -0.1) is 11.3 Å². The van der Waals surface area contributed by atoms with Crippen molar-refractivity contribution in [3.8, 4) is 0 Å². The van der Waals surface area contributed by atoms with Crippen LogP contribution >= 0.6 is 34.5 Å². The van der Waals surface area contributed by atoms with Gasteiger partial charge in [-0.3, -0.25) is 9.48 Å². The maximum absolute atomic E-state index is 12.5. The highest BCUT2D eigenvalue weighted by molar-refractivity contribution is 7.20. The van der Waals surface area contributed by atoms with Crippen molar-refractivity contribution in [2.24, 2.45) is 7.05 Å². The minimum absolute atomic E-state index is 0.121. The molecule has 1 atom stereocenters. The molecule has 0 bridgehead atoms. The number of carbonyl (C=O) groups is 1. The van der Waals surface area contributed by atoms with Crippen LogP contribution < -0.4 is 5.32 Å². The van der Waals surface area contributed by atoms with Gasteiger partial charge < -0.3 is 5.32 Å². The van der Waals surface area contributed by atoms with E-state index in [1.807, 2.05) is 33.0 Å². The van der Waals surface area contributed by atoms with E-state index in [0.29, 0.717) is 14.9 Å². The number of carbonyl (C=O) groups excluding carboxylic acids is 1. The Bertz CT molecular complexity index is 866. The van der Waals surface area contributed by atoms with Gasteiger partial charge in [-0.1, -0.05) is 29.3 Å². The molecule has 120 valence electrons. The van der Waals surface area contributed by atoms with Gasteiger partial charge in [0.05, 0.1) is 16.6 Å². The Balaban J connectivity index is 1.83. The second-order valence-electron chi connectivity index (χ2n) is 5.40. The molecule has 4 nitrogen and oxygen atoms in total. The number of hydrogen-bond acceptors (Lipinski definition) is 3. The molecule has 1 N–H and O–H groups in total. The minimum atomic E-state index is -0.211. The molecule has 2 aromatic heterocycles. The lowest BCUT2D eigenvalue weighted by Gasteiger charge is -2.15. The van der Waals surface area contributed by atoms with E-state index in [4.69, 9.17) is 23.2 Å². The van der Waals surface area contributed by atoms with Crippen molar-refractivity contribution in [3.63, 3.8) is 0 Å². The predicted octanol–water partition coefficient (Wildman–Crippen LogP) is 4.74. The summed E-state index contributed by atoms with van der Waals surface area (Å²) in [4.78, 5) is 14.1. The lowest BCUT2D eigenvalue weighted by atomic mass is 10.1. The fourth-order valence-corrected chi connectivity index (χ4v) is 4.11. The van der Waals surface area contributed by atoms with Crippen molar-refractivity contribution in [3.05, 3.63) is 50.4 Å². The summed E-state index contributed by atoms with van der Waals surface area (Å²) in [5, 5.41) is 9.45. The first kappa shape index (κ1) is 16.3. The molecule has 0 spiro atoms. The molecule has 0 saturated heterocycles. The molecule has 0 fully saturated rings. The van der Waals surface area contributed by atoms with Gasteiger partial charge in [-0.05, 0) is 37.6 Å². The van der Waals surface area contributed by atoms with Crippen LogP contribution in [0, 0.1) is 6.92 Å². The smallest absolute Gasteiger partial charge is 0.261 e. The zero-order valence-corrected chi connectivity index (χ0v) is 15.2. The number of hydrogen-bond donors (Lipinski definition) is 1. The van der Waals surface area contributed by atoms with Crippen molar-refractivity contribution in [2.45, 2.75) is 19.9 Å². The lowest BCUT2D eigenvalue weighted by Crippen LogP contribution is -2.26. The van der Waals surface area contributed by atoms with Crippen LogP contribution in [0.5, 0.6) is 0 Å². The SMILES string of the molecule is Cc1nn(C)c2sc(C(=O)NC(C)c3ccc(Cl)cc3Cl)cc12. The molecule has 2 heterocycles. The third-order valence-electron chi connectivity index (χ3n) is 3.70. The quantitative estimate of drug-likeness (QED) is 0.726. The van der Waals surface area contributed by atoms with E-state index in [-0.39, 0.29) is 11.9 Å². The Morgan fingerprint density at radius 3 is 2.74 bits per heavy atom. The van der Waals surface area contributed by atoms with Gasteiger partial charge in [0.2, 0.25) is 0 Å². The maximum Gasteiger partial charge on any atom is 0.261 e. The van der Waals surface area contributed by atoms with Gasteiger partial charge in [-0.2, -0.15) is 5.10 Å². The Morgan fingerprint density at radius 1 is 1.35 bits per heavy atom. The Kier molecular flexibility index (Phi) is 4.36. The van der Waals surface area contributed by atoms with E-state index < -0.39 is 0 Å². The standard InChI is InChI=1S/C16H15Cl2N3OS/c1-8(11-5-4-10(17)6-13(11)18)19-15(22)14-7-12-9(2)20-21(3)16(12)23-14/h4-8H,1-3H3,(H,19,22). The Morgan fingerprint density at radius 2 is 2.09 bits per heavy atom. The third kappa shape index (κ3) is 3.09. The number of thiophene rings is 1. The number of aryl methyl sites for hydroxylation is 2. The number of amides is 1. The lowest BCUT2D eigenvalue weighted by molar-refractivity contribution is 0.0944. The molecule has 3 rings (SSSR count). The first-order valence-electron chi connectivity index (χ1n) is 7.05. The molecule has 3 aromatic rings. The number of nitrogens with one attached hydrogen (secondary N) is 1. The molecule has 0 aliphatic heterocycles. The molecule has 0 saturated carbocycles. The molecule has 0 radical (unpaired) electrons. The summed E-state index contributed by atoms with van der Waals surface area (Å²) < 4.78 is 1.80. The van der Waals surface area contributed by atoms with E-state index >= 15 is 0 Å². The summed E-state index contributed by atoms with van der Waals surface area (Å²) in [6, 6.07) is 6.94. The number of rotatable bonds is 3. The fraction of sp³-hybridized carbons (Fsp3) is 0.250. The minimum Gasteiger partial charge on any atom is -0.345 e. The van der Waals surface area contributed by atoms with Crippen LogP contribution in [0.25, 0.3) is 10.2 Å². The highest BCUT2D eigenvalue weighted by Crippen LogP contribution is 2.29. The first-order chi connectivity index (χ1) is 10.9. The van der Waals surface area contributed by atoms with E-state index in [0.717, 1.165) is 21.5 Å². The van der Waals surface area contributed by atoms with Crippen LogP contribution in [-0.2, 0) is 7.05 Å². The summed E-state index contributed by atoms with van der Waals surface area (Å²) in [6.07, 6.45) is 0. The van der Waals surface area contributed by atoms with Gasteiger partial charge >= 0.3 is 0 Å². The molecule has 0 aliphatic rings. The number of fused-ring (bicyclic) bond motifs is 1. The molecule has 1 amide bonds. The van der Waals surface area contributed by atoms with E-state index in [1.54, 1.807) is 16.8 Å². The summed E-state index contributed by atoms with van der Waals surface area (Å²) in [7, 11) is 1.88. The maximum atomic E-state index is 12.5. The van der Waals surface area contributed by atoms with E-state index in [2.05, 4.69) is 10.4 Å². The molecule has 0 aliphatic carbocycles. The van der Waals surface area contributed by atoms with Crippen LogP contribution in [0.15, 0.2) is 24.3 Å².